The molecule has 19 heavy (non-hydrogen) atoms. The van der Waals surface area contributed by atoms with Crippen molar-refractivity contribution in [3.8, 4) is 5.75 Å². The molecular formula is C15H21BrO3. The second-order valence-electron chi connectivity index (χ2n) is 4.19. The van der Waals surface area contributed by atoms with Crippen molar-refractivity contribution in [2.45, 2.75) is 37.9 Å². The Bertz CT molecular complexity index is 375. The lowest BCUT2D eigenvalue weighted by atomic mass is 10.1. The number of aryl methyl sites for hydroxylation is 1. The third-order valence-electron chi connectivity index (χ3n) is 2.70. The second kappa shape index (κ2) is 8.97. The van der Waals surface area contributed by atoms with Gasteiger partial charge >= 0.3 is 5.97 Å². The zero-order valence-corrected chi connectivity index (χ0v) is 13.1. The molecule has 1 unspecified atom stereocenters. The van der Waals surface area contributed by atoms with Crippen LogP contribution in [0.1, 0.15) is 32.3 Å². The molecule has 1 rings (SSSR count). The minimum absolute atomic E-state index is 0.172. The van der Waals surface area contributed by atoms with Crippen molar-refractivity contribution < 1.29 is 14.3 Å². The van der Waals surface area contributed by atoms with Crippen LogP contribution in [0.15, 0.2) is 24.3 Å². The summed E-state index contributed by atoms with van der Waals surface area (Å²) in [6, 6.07) is 8.10. The Morgan fingerprint density at radius 1 is 1.21 bits per heavy atom. The highest BCUT2D eigenvalue weighted by Crippen LogP contribution is 2.16. The van der Waals surface area contributed by atoms with Crippen molar-refractivity contribution in [3.05, 3.63) is 29.8 Å². The van der Waals surface area contributed by atoms with Crippen molar-refractivity contribution in [1.29, 1.82) is 0 Å². The van der Waals surface area contributed by atoms with Gasteiger partial charge in [0.2, 0.25) is 0 Å². The number of rotatable bonds is 8. The Morgan fingerprint density at radius 3 is 2.47 bits per heavy atom. The van der Waals surface area contributed by atoms with E-state index in [9.17, 15) is 4.79 Å². The van der Waals surface area contributed by atoms with E-state index in [2.05, 4.69) is 28.1 Å². The summed E-state index contributed by atoms with van der Waals surface area (Å²) < 4.78 is 10.3. The fourth-order valence-electron chi connectivity index (χ4n) is 1.75. The van der Waals surface area contributed by atoms with Gasteiger partial charge in [0.1, 0.15) is 10.6 Å². The molecule has 0 fully saturated rings. The van der Waals surface area contributed by atoms with Gasteiger partial charge in [-0.15, -0.1) is 0 Å². The number of hydrogen-bond donors (Lipinski definition) is 0. The van der Waals surface area contributed by atoms with E-state index >= 15 is 0 Å². The summed E-state index contributed by atoms with van der Waals surface area (Å²) in [5.74, 6) is 0.727. The van der Waals surface area contributed by atoms with Crippen molar-refractivity contribution >= 4 is 21.9 Å². The lowest BCUT2D eigenvalue weighted by molar-refractivity contribution is -0.142. The van der Waals surface area contributed by atoms with Crippen molar-refractivity contribution in [3.63, 3.8) is 0 Å². The van der Waals surface area contributed by atoms with Gasteiger partial charge < -0.3 is 9.47 Å². The van der Waals surface area contributed by atoms with E-state index in [1.54, 1.807) is 0 Å². The smallest absolute Gasteiger partial charge is 0.319 e. The summed E-state index contributed by atoms with van der Waals surface area (Å²) in [5.41, 5.74) is 1.26. The molecule has 0 aliphatic heterocycles. The molecule has 0 aliphatic rings. The first-order valence-electron chi connectivity index (χ1n) is 6.69. The zero-order chi connectivity index (χ0) is 14.1. The van der Waals surface area contributed by atoms with Crippen LogP contribution in [0.2, 0.25) is 0 Å². The number of halogens is 1. The van der Waals surface area contributed by atoms with E-state index < -0.39 is 0 Å². The average Bonchev–Trinajstić information content (AvgIpc) is 2.41. The fraction of sp³-hybridized carbons (Fsp3) is 0.533. The molecule has 4 heteroatoms. The third kappa shape index (κ3) is 6.10. The van der Waals surface area contributed by atoms with Gasteiger partial charge in [-0.05, 0) is 50.8 Å². The summed E-state index contributed by atoms with van der Waals surface area (Å²) in [5, 5.41) is 0. The summed E-state index contributed by atoms with van der Waals surface area (Å²) in [4.78, 5) is 11.2. The molecule has 0 aliphatic carbocycles. The molecule has 1 atom stereocenters. The Labute approximate surface area is 123 Å². The largest absolute Gasteiger partial charge is 0.494 e. The minimum Gasteiger partial charge on any atom is -0.494 e. The van der Waals surface area contributed by atoms with E-state index in [4.69, 9.17) is 9.47 Å². The van der Waals surface area contributed by atoms with Crippen LogP contribution >= 0.6 is 15.9 Å². The van der Waals surface area contributed by atoms with Crippen LogP contribution in [0.5, 0.6) is 5.75 Å². The van der Waals surface area contributed by atoms with Crippen molar-refractivity contribution in [2.24, 2.45) is 0 Å². The van der Waals surface area contributed by atoms with Crippen LogP contribution in [0.4, 0.5) is 0 Å². The molecule has 0 saturated carbocycles. The SMILES string of the molecule is CCOC(=O)C(Br)CCCc1ccc(OCC)cc1. The Morgan fingerprint density at radius 2 is 1.89 bits per heavy atom. The first-order valence-corrected chi connectivity index (χ1v) is 7.61. The molecule has 0 saturated heterocycles. The second-order valence-corrected chi connectivity index (χ2v) is 5.29. The normalized spacial score (nSPS) is 11.9. The number of esters is 1. The number of benzene rings is 1. The number of carbonyl (C=O) groups excluding carboxylic acids is 1. The minimum atomic E-state index is -0.199. The van der Waals surface area contributed by atoms with Gasteiger partial charge in [0.05, 0.1) is 13.2 Å². The maximum absolute atomic E-state index is 11.4. The molecule has 0 amide bonds. The van der Waals surface area contributed by atoms with E-state index in [1.165, 1.54) is 5.56 Å². The third-order valence-corrected chi connectivity index (χ3v) is 3.53. The maximum Gasteiger partial charge on any atom is 0.319 e. The van der Waals surface area contributed by atoms with Gasteiger partial charge in [-0.2, -0.15) is 0 Å². The molecule has 3 nitrogen and oxygen atoms in total. The van der Waals surface area contributed by atoms with Gasteiger partial charge in [0.25, 0.3) is 0 Å². The number of hydrogen-bond acceptors (Lipinski definition) is 3. The van der Waals surface area contributed by atoms with Crippen LogP contribution in [0.25, 0.3) is 0 Å². The Balaban J connectivity index is 2.30. The lowest BCUT2D eigenvalue weighted by Crippen LogP contribution is -2.17. The molecule has 1 aromatic rings. The number of carbonyl (C=O) groups is 1. The van der Waals surface area contributed by atoms with E-state index in [0.29, 0.717) is 13.2 Å². The summed E-state index contributed by atoms with van der Waals surface area (Å²) in [6.07, 6.45) is 2.68. The van der Waals surface area contributed by atoms with Crippen LogP contribution < -0.4 is 4.74 Å². The van der Waals surface area contributed by atoms with Crippen LogP contribution in [-0.2, 0) is 16.0 Å². The van der Waals surface area contributed by atoms with Crippen LogP contribution in [0.3, 0.4) is 0 Å². The highest BCUT2D eigenvalue weighted by atomic mass is 79.9. The van der Waals surface area contributed by atoms with E-state index in [1.807, 2.05) is 26.0 Å². The molecule has 0 bridgehead atoms. The topological polar surface area (TPSA) is 35.5 Å². The van der Waals surface area contributed by atoms with E-state index in [-0.39, 0.29) is 10.8 Å². The van der Waals surface area contributed by atoms with E-state index in [0.717, 1.165) is 25.0 Å². The van der Waals surface area contributed by atoms with Gasteiger partial charge in [-0.25, -0.2) is 0 Å². The lowest BCUT2D eigenvalue weighted by Gasteiger charge is -2.09. The first-order chi connectivity index (χ1) is 9.17. The summed E-state index contributed by atoms with van der Waals surface area (Å²) in [6.45, 7) is 4.90. The van der Waals surface area contributed by atoms with Crippen LogP contribution in [0, 0.1) is 0 Å². The molecule has 0 heterocycles. The number of ether oxygens (including phenoxy) is 2. The first kappa shape index (κ1) is 16.0. The fourth-order valence-corrected chi connectivity index (χ4v) is 2.21. The number of alkyl halides is 1. The van der Waals surface area contributed by atoms with Gasteiger partial charge in [-0.1, -0.05) is 28.1 Å². The summed E-state index contributed by atoms with van der Waals surface area (Å²) >= 11 is 3.36. The molecule has 0 aromatic heterocycles. The van der Waals surface area contributed by atoms with Crippen molar-refractivity contribution in [2.75, 3.05) is 13.2 Å². The maximum atomic E-state index is 11.4. The highest BCUT2D eigenvalue weighted by molar-refractivity contribution is 9.10. The quantitative estimate of drug-likeness (QED) is 0.538. The predicted octanol–water partition coefficient (Wildman–Crippen LogP) is 3.73. The predicted molar refractivity (Wildman–Crippen MR) is 79.9 cm³/mol. The molecule has 0 radical (unpaired) electrons. The molecule has 0 spiro atoms. The molecule has 1 aromatic carbocycles. The van der Waals surface area contributed by atoms with Crippen molar-refractivity contribution in [1.82, 2.24) is 0 Å². The van der Waals surface area contributed by atoms with Gasteiger partial charge in [0.15, 0.2) is 0 Å². The Kier molecular flexibility index (Phi) is 7.56. The molecule has 0 N–H and O–H groups in total. The standard InChI is InChI=1S/C15H21BrO3/c1-3-18-13-10-8-12(9-11-13)6-5-7-14(16)15(17)19-4-2/h8-11,14H,3-7H2,1-2H3. The zero-order valence-electron chi connectivity index (χ0n) is 11.5. The molecular weight excluding hydrogens is 308 g/mol. The summed E-state index contributed by atoms with van der Waals surface area (Å²) in [7, 11) is 0. The van der Waals surface area contributed by atoms with Gasteiger partial charge in [0, 0.05) is 0 Å². The highest BCUT2D eigenvalue weighted by Gasteiger charge is 2.14. The Hall–Kier alpha value is -1.03. The van der Waals surface area contributed by atoms with Gasteiger partial charge in [-0.3, -0.25) is 4.79 Å². The van der Waals surface area contributed by atoms with Crippen LogP contribution in [-0.4, -0.2) is 24.0 Å². The monoisotopic (exact) mass is 328 g/mol. The average molecular weight is 329 g/mol. The molecule has 106 valence electrons.